The minimum Gasteiger partial charge on any atom is -0.352 e. The Labute approximate surface area is 591 Å². The number of aromatic nitrogens is 3. The van der Waals surface area contributed by atoms with E-state index in [1.54, 1.807) is 0 Å². The fraction of sp³-hybridized carbons (Fsp3) is 0.483. The standard InChI is InChI=1S/C87H119N3Si6/c1-82(2,3)61-49-58(50-62(55-61)83(4,5)6)73-76-67(37-43-91(19,20)21)69(39-45-93(25,26)27)78(88-76)74(59-51-63(84(7,8)9)56-64(52-59)85(10,11)12)80-71(41-47-95(31,32)33)72(42-48-96(34,35)36)81(90-80)75(60-53-65(86(13,14)15)57-66(54-60)87(16,17)18)79-70(40-46-94(28,29)30)68(77(73)89-79)38-44-92(22,23)24/h49-57,88-89H,1-36H3. The molecule has 0 saturated heterocycles. The van der Waals surface area contributed by atoms with Crippen LogP contribution in [0.3, 0.4) is 0 Å². The van der Waals surface area contributed by atoms with Crippen LogP contribution < -0.4 is 0 Å². The van der Waals surface area contributed by atoms with Gasteiger partial charge in [0, 0.05) is 16.7 Å². The van der Waals surface area contributed by atoms with E-state index >= 15 is 0 Å². The summed E-state index contributed by atoms with van der Waals surface area (Å²) in [6.07, 6.45) is 0. The molecule has 7 rings (SSSR count). The monoisotopic (exact) mass is 1370 g/mol. The van der Waals surface area contributed by atoms with Gasteiger partial charge in [0.1, 0.15) is 48.4 Å². The third-order valence-electron chi connectivity index (χ3n) is 16.7. The molecule has 0 saturated carbocycles. The largest absolute Gasteiger partial charge is 0.352 e. The predicted molar refractivity (Wildman–Crippen MR) is 444 cm³/mol. The zero-order valence-electron chi connectivity index (χ0n) is 66.6. The Balaban J connectivity index is 2.26. The van der Waals surface area contributed by atoms with Crippen molar-refractivity contribution in [2.75, 3.05) is 0 Å². The molecule has 0 aliphatic carbocycles. The lowest BCUT2D eigenvalue weighted by Gasteiger charge is -2.26. The Morgan fingerprint density at radius 1 is 0.250 bits per heavy atom. The van der Waals surface area contributed by atoms with Gasteiger partial charge in [-0.05, 0) is 82.6 Å². The van der Waals surface area contributed by atoms with Crippen molar-refractivity contribution in [3.8, 4) is 102 Å². The molecule has 96 heavy (non-hydrogen) atoms. The molecule has 0 radical (unpaired) electrons. The molecule has 506 valence electrons. The lowest BCUT2D eigenvalue weighted by atomic mass is 9.78. The highest BCUT2D eigenvalue weighted by atomic mass is 28.3. The SMILES string of the molecule is CC(C)(C)c1cc(-c2c3nc(c(-c4cc(C(C)(C)C)cc(C(C)(C)C)c4)c4[nH]c(c(C#C[Si](C)(C)C)c4C#C[Si](C)(C)C)c(-c4cc(C(C)(C)C)cc(C(C)(C)C)c4)c4[nH]c2c(C#C[Si](C)(C)C)c4C#C[Si](C)(C)C)C(C#C[Si](C)(C)C)=C3C#C[Si](C)(C)C)cc(C(C)(C)C)c1. The van der Waals surface area contributed by atoms with Crippen molar-refractivity contribution in [1.29, 1.82) is 0 Å². The number of benzene rings is 3. The molecule has 1 aliphatic heterocycles. The molecular weight excluding hydrogens is 1260 g/mol. The summed E-state index contributed by atoms with van der Waals surface area (Å²) in [4.78, 5) is 15.4. The molecule has 0 fully saturated rings. The first-order valence-electron chi connectivity index (χ1n) is 35.1. The van der Waals surface area contributed by atoms with Crippen LogP contribution in [0.5, 0.6) is 0 Å². The third kappa shape index (κ3) is 19.1. The number of hydrogen-bond donors (Lipinski definition) is 2. The van der Waals surface area contributed by atoms with E-state index in [2.05, 4.69) is 376 Å². The second-order valence-corrected chi connectivity index (χ2v) is 68.3. The highest BCUT2D eigenvalue weighted by molar-refractivity contribution is 6.86. The van der Waals surface area contributed by atoms with Gasteiger partial charge < -0.3 is 9.97 Å². The molecule has 1 aliphatic rings. The van der Waals surface area contributed by atoms with E-state index in [0.717, 1.165) is 100 Å². The Morgan fingerprint density at radius 3 is 0.615 bits per heavy atom. The highest BCUT2D eigenvalue weighted by Crippen LogP contribution is 2.49. The number of H-pyrrole nitrogens is 2. The fourth-order valence-corrected chi connectivity index (χ4v) is 13.9. The average Bonchev–Trinajstić information content (AvgIpc) is 1.55. The summed E-state index contributed by atoms with van der Waals surface area (Å²) in [6, 6.07) is 22.0. The van der Waals surface area contributed by atoms with Crippen LogP contribution in [0.15, 0.2) is 54.6 Å². The first kappa shape index (κ1) is 77.1. The maximum atomic E-state index is 6.45. The molecule has 4 heterocycles. The second kappa shape index (κ2) is 26.1. The van der Waals surface area contributed by atoms with Gasteiger partial charge in [-0.2, -0.15) is 0 Å². The van der Waals surface area contributed by atoms with Crippen molar-refractivity contribution in [1.82, 2.24) is 15.0 Å². The van der Waals surface area contributed by atoms with E-state index in [1.807, 2.05) is 0 Å². The number of nitrogens with zero attached hydrogens (tertiary/aromatic N) is 1. The minimum atomic E-state index is -2.14. The Kier molecular flexibility index (Phi) is 21.0. The molecule has 0 spiro atoms. The third-order valence-corrected chi connectivity index (χ3v) is 21.9. The Hall–Kier alpha value is -6.23. The van der Waals surface area contributed by atoms with E-state index in [0.29, 0.717) is 0 Å². The number of fused-ring (bicyclic) bond motifs is 6. The predicted octanol–water partition coefficient (Wildman–Crippen LogP) is 23.9. The number of hydrogen-bond acceptors (Lipinski definition) is 1. The van der Waals surface area contributed by atoms with Crippen molar-refractivity contribution in [3.63, 3.8) is 0 Å². The van der Waals surface area contributed by atoms with Crippen LogP contribution in [0.25, 0.3) is 66.6 Å². The molecule has 3 aromatic heterocycles. The number of allylic oxidation sites excluding steroid dienone is 2. The molecule has 2 N–H and O–H groups in total. The number of nitrogens with one attached hydrogen (secondary N) is 2. The van der Waals surface area contributed by atoms with Crippen LogP contribution in [0.4, 0.5) is 0 Å². The smallest absolute Gasteiger partial charge is 0.129 e. The summed E-state index contributed by atoms with van der Waals surface area (Å²) in [5, 5.41) is 0. The van der Waals surface area contributed by atoms with Gasteiger partial charge in [-0.3, -0.25) is 0 Å². The zero-order chi connectivity index (χ0) is 72.8. The van der Waals surface area contributed by atoms with Crippen molar-refractivity contribution in [3.05, 3.63) is 122 Å². The molecule has 0 amide bonds. The van der Waals surface area contributed by atoms with Crippen molar-refractivity contribution >= 4 is 81.7 Å². The maximum absolute atomic E-state index is 6.45. The van der Waals surface area contributed by atoms with Crippen molar-refractivity contribution < 1.29 is 0 Å². The van der Waals surface area contributed by atoms with Crippen LogP contribution in [-0.4, -0.2) is 63.4 Å². The Bertz CT molecular complexity index is 4290. The van der Waals surface area contributed by atoms with Gasteiger partial charge in [-0.15, -0.1) is 33.3 Å². The normalized spacial score (nSPS) is 13.5. The van der Waals surface area contributed by atoms with Gasteiger partial charge in [0.05, 0.1) is 66.9 Å². The van der Waals surface area contributed by atoms with Gasteiger partial charge >= 0.3 is 0 Å². The first-order chi connectivity index (χ1) is 43.1. The first-order valence-corrected chi connectivity index (χ1v) is 56.1. The van der Waals surface area contributed by atoms with E-state index in [-0.39, 0.29) is 32.5 Å². The molecule has 6 bridgehead atoms. The second-order valence-electron chi connectivity index (χ2n) is 39.8. The van der Waals surface area contributed by atoms with E-state index in [9.17, 15) is 0 Å². The van der Waals surface area contributed by atoms with Crippen LogP contribution >= 0.6 is 0 Å². The lowest BCUT2D eigenvalue weighted by molar-refractivity contribution is 0.568. The summed E-state index contributed by atoms with van der Waals surface area (Å²) < 4.78 is 0. The molecule has 9 heteroatoms. The summed E-state index contributed by atoms with van der Waals surface area (Å²) in [6.45, 7) is 84.4. The fourth-order valence-electron chi connectivity index (χ4n) is 10.9. The lowest BCUT2D eigenvalue weighted by Crippen LogP contribution is -2.17. The van der Waals surface area contributed by atoms with Crippen molar-refractivity contribution in [2.45, 2.75) is 275 Å². The summed E-state index contributed by atoms with van der Waals surface area (Å²) in [5.74, 6) is 24.4. The summed E-state index contributed by atoms with van der Waals surface area (Å²) in [7, 11) is -12.8. The number of aromatic amines is 2. The van der Waals surface area contributed by atoms with Crippen LogP contribution in [-0.2, 0) is 32.5 Å². The maximum Gasteiger partial charge on any atom is 0.129 e. The Morgan fingerprint density at radius 2 is 0.427 bits per heavy atom. The minimum absolute atomic E-state index is 0.222. The topological polar surface area (TPSA) is 44.5 Å². The van der Waals surface area contributed by atoms with E-state index < -0.39 is 48.4 Å². The van der Waals surface area contributed by atoms with Gasteiger partial charge in [0.2, 0.25) is 0 Å². The van der Waals surface area contributed by atoms with Crippen LogP contribution in [0.1, 0.15) is 192 Å². The summed E-state index contributed by atoms with van der Waals surface area (Å²) in [5.41, 5.74) is 46.3. The van der Waals surface area contributed by atoms with Gasteiger partial charge in [0.15, 0.2) is 0 Å². The van der Waals surface area contributed by atoms with E-state index in [1.165, 1.54) is 33.4 Å². The van der Waals surface area contributed by atoms with Crippen LogP contribution in [0.2, 0.25) is 118 Å². The average molecular weight is 1380 g/mol. The van der Waals surface area contributed by atoms with Gasteiger partial charge in [-0.1, -0.05) is 333 Å². The highest BCUT2D eigenvalue weighted by Gasteiger charge is 2.35. The number of rotatable bonds is 3. The molecule has 0 atom stereocenters. The van der Waals surface area contributed by atoms with Gasteiger partial charge in [0.25, 0.3) is 0 Å². The molecule has 3 aromatic carbocycles. The molecular formula is C87H119N3Si6. The van der Waals surface area contributed by atoms with Crippen LogP contribution in [0, 0.1) is 68.8 Å². The van der Waals surface area contributed by atoms with Crippen molar-refractivity contribution in [2.24, 2.45) is 0 Å². The summed E-state index contributed by atoms with van der Waals surface area (Å²) >= 11 is 0. The van der Waals surface area contributed by atoms with Gasteiger partial charge in [-0.25, -0.2) is 4.98 Å². The quantitative estimate of drug-likeness (QED) is 0.135. The molecule has 3 nitrogen and oxygen atoms in total. The molecule has 6 aromatic rings. The van der Waals surface area contributed by atoms with E-state index in [4.69, 9.17) is 4.98 Å². The zero-order valence-corrected chi connectivity index (χ0v) is 72.6. The molecule has 0 unspecified atom stereocenters.